The minimum atomic E-state index is -0.317. The summed E-state index contributed by atoms with van der Waals surface area (Å²) in [6.07, 6.45) is 0.302. The Bertz CT molecular complexity index is 507. The monoisotopic (exact) mass is 219 g/mol. The minimum absolute atomic E-state index is 0.00171. The topological polar surface area (TPSA) is 96.7 Å². The number of anilines is 1. The number of rotatable bonds is 4. The number of primary amides is 1. The molecule has 1 aromatic carbocycles. The van der Waals surface area contributed by atoms with Gasteiger partial charge in [-0.05, 0) is 25.1 Å². The first-order valence-corrected chi connectivity index (χ1v) is 5.00. The van der Waals surface area contributed by atoms with Crippen LogP contribution in [-0.4, -0.2) is 27.4 Å². The largest absolute Gasteiger partial charge is 0.382 e. The second kappa shape index (κ2) is 4.18. The highest BCUT2D eigenvalue weighted by Gasteiger charge is 2.06. The first kappa shape index (κ1) is 10.4. The molecule has 0 bridgehead atoms. The third-order valence-corrected chi connectivity index (χ3v) is 2.24. The van der Waals surface area contributed by atoms with E-state index in [1.807, 2.05) is 25.1 Å². The minimum Gasteiger partial charge on any atom is -0.382 e. The Morgan fingerprint density at radius 1 is 1.50 bits per heavy atom. The molecule has 1 unspecified atom stereocenters. The van der Waals surface area contributed by atoms with Crippen molar-refractivity contribution in [1.29, 1.82) is 0 Å². The number of nitrogens with one attached hydrogen (secondary N) is 2. The molecule has 0 saturated heterocycles. The van der Waals surface area contributed by atoms with Crippen LogP contribution in [0.3, 0.4) is 0 Å². The molecule has 1 amide bonds. The SMILES string of the molecule is CC(CC(N)=O)Nc1ccc2n[nH]nc2c1. The molecule has 1 atom stereocenters. The first-order valence-electron chi connectivity index (χ1n) is 5.00. The van der Waals surface area contributed by atoms with Crippen LogP contribution in [0.5, 0.6) is 0 Å². The Balaban J connectivity index is 2.11. The molecule has 16 heavy (non-hydrogen) atoms. The van der Waals surface area contributed by atoms with E-state index in [2.05, 4.69) is 20.7 Å². The average molecular weight is 219 g/mol. The van der Waals surface area contributed by atoms with Gasteiger partial charge in [0.25, 0.3) is 0 Å². The summed E-state index contributed by atoms with van der Waals surface area (Å²) in [6.45, 7) is 1.90. The van der Waals surface area contributed by atoms with Crippen molar-refractivity contribution in [3.63, 3.8) is 0 Å². The number of amides is 1. The van der Waals surface area contributed by atoms with Crippen molar-refractivity contribution < 1.29 is 4.79 Å². The van der Waals surface area contributed by atoms with E-state index in [0.717, 1.165) is 16.7 Å². The molecular formula is C10H13N5O. The lowest BCUT2D eigenvalue weighted by molar-refractivity contribution is -0.118. The highest BCUT2D eigenvalue weighted by molar-refractivity contribution is 5.78. The first-order chi connectivity index (χ1) is 7.65. The van der Waals surface area contributed by atoms with Gasteiger partial charge in [-0.25, -0.2) is 0 Å². The normalized spacial score (nSPS) is 12.6. The molecule has 84 valence electrons. The van der Waals surface area contributed by atoms with E-state index in [1.165, 1.54) is 0 Å². The van der Waals surface area contributed by atoms with Gasteiger partial charge >= 0.3 is 0 Å². The lowest BCUT2D eigenvalue weighted by atomic mass is 10.2. The highest BCUT2D eigenvalue weighted by atomic mass is 16.1. The Kier molecular flexibility index (Phi) is 2.72. The number of carbonyl (C=O) groups excluding carboxylic acids is 1. The molecule has 1 aromatic heterocycles. The molecule has 0 aliphatic carbocycles. The van der Waals surface area contributed by atoms with Crippen molar-refractivity contribution >= 4 is 22.6 Å². The number of hydrogen-bond acceptors (Lipinski definition) is 4. The third-order valence-electron chi connectivity index (χ3n) is 2.24. The highest BCUT2D eigenvalue weighted by Crippen LogP contribution is 2.16. The summed E-state index contributed by atoms with van der Waals surface area (Å²) in [7, 11) is 0. The standard InChI is InChI=1S/C10H13N5O/c1-6(4-10(11)16)12-7-2-3-8-9(5-7)14-15-13-8/h2-3,5-6,12H,4H2,1H3,(H2,11,16)(H,13,14,15). The van der Waals surface area contributed by atoms with Gasteiger partial charge in [-0.2, -0.15) is 15.4 Å². The molecule has 4 N–H and O–H groups in total. The number of carbonyl (C=O) groups is 1. The number of fused-ring (bicyclic) bond motifs is 1. The summed E-state index contributed by atoms with van der Waals surface area (Å²) in [5, 5.41) is 13.7. The molecule has 0 fully saturated rings. The van der Waals surface area contributed by atoms with Gasteiger partial charge in [0.05, 0.1) is 0 Å². The van der Waals surface area contributed by atoms with Crippen LogP contribution in [0.15, 0.2) is 18.2 Å². The van der Waals surface area contributed by atoms with Crippen LogP contribution in [0.1, 0.15) is 13.3 Å². The lowest BCUT2D eigenvalue weighted by Crippen LogP contribution is -2.23. The molecule has 0 aliphatic heterocycles. The zero-order valence-corrected chi connectivity index (χ0v) is 8.90. The van der Waals surface area contributed by atoms with Crippen LogP contribution in [0, 0.1) is 0 Å². The smallest absolute Gasteiger partial charge is 0.219 e. The Morgan fingerprint density at radius 2 is 2.25 bits per heavy atom. The fraction of sp³-hybridized carbons (Fsp3) is 0.300. The fourth-order valence-corrected chi connectivity index (χ4v) is 1.57. The van der Waals surface area contributed by atoms with Crippen LogP contribution in [0.25, 0.3) is 11.0 Å². The molecule has 0 aliphatic rings. The van der Waals surface area contributed by atoms with Gasteiger partial charge in [-0.15, -0.1) is 0 Å². The predicted molar refractivity (Wildman–Crippen MR) is 60.8 cm³/mol. The van der Waals surface area contributed by atoms with Crippen LogP contribution in [0.2, 0.25) is 0 Å². The van der Waals surface area contributed by atoms with Crippen molar-refractivity contribution in [2.45, 2.75) is 19.4 Å². The quantitative estimate of drug-likeness (QED) is 0.702. The third kappa shape index (κ3) is 2.28. The fourth-order valence-electron chi connectivity index (χ4n) is 1.57. The summed E-state index contributed by atoms with van der Waals surface area (Å²) >= 11 is 0. The maximum Gasteiger partial charge on any atom is 0.219 e. The van der Waals surface area contributed by atoms with E-state index in [4.69, 9.17) is 5.73 Å². The van der Waals surface area contributed by atoms with E-state index in [9.17, 15) is 4.79 Å². The second-order valence-electron chi connectivity index (χ2n) is 3.74. The molecule has 1 heterocycles. The molecule has 2 aromatic rings. The van der Waals surface area contributed by atoms with E-state index < -0.39 is 0 Å². The van der Waals surface area contributed by atoms with Crippen molar-refractivity contribution in [3.05, 3.63) is 18.2 Å². The summed E-state index contributed by atoms with van der Waals surface area (Å²) in [4.78, 5) is 10.7. The number of aromatic amines is 1. The van der Waals surface area contributed by atoms with Gasteiger partial charge < -0.3 is 11.1 Å². The van der Waals surface area contributed by atoms with Gasteiger partial charge in [0.15, 0.2) is 0 Å². The average Bonchev–Trinajstić information content (AvgIpc) is 2.63. The number of nitrogens with two attached hydrogens (primary N) is 1. The number of aromatic nitrogens is 3. The van der Waals surface area contributed by atoms with Gasteiger partial charge in [0, 0.05) is 18.2 Å². The Morgan fingerprint density at radius 3 is 3.00 bits per heavy atom. The van der Waals surface area contributed by atoms with Crippen molar-refractivity contribution in [3.8, 4) is 0 Å². The predicted octanol–water partition coefficient (Wildman–Crippen LogP) is 0.634. The van der Waals surface area contributed by atoms with E-state index in [1.54, 1.807) is 0 Å². The summed E-state index contributed by atoms with van der Waals surface area (Å²) in [5.74, 6) is -0.317. The van der Waals surface area contributed by atoms with E-state index in [0.29, 0.717) is 6.42 Å². The van der Waals surface area contributed by atoms with Crippen LogP contribution < -0.4 is 11.1 Å². The van der Waals surface area contributed by atoms with Crippen LogP contribution in [-0.2, 0) is 4.79 Å². The van der Waals surface area contributed by atoms with Crippen LogP contribution in [0.4, 0.5) is 5.69 Å². The number of H-pyrrole nitrogens is 1. The molecule has 0 spiro atoms. The molecule has 0 saturated carbocycles. The maximum absolute atomic E-state index is 10.7. The maximum atomic E-state index is 10.7. The number of hydrogen-bond donors (Lipinski definition) is 3. The molecule has 6 heteroatoms. The summed E-state index contributed by atoms with van der Waals surface area (Å²) in [5.41, 5.74) is 7.61. The summed E-state index contributed by atoms with van der Waals surface area (Å²) in [6, 6.07) is 5.62. The van der Waals surface area contributed by atoms with Crippen molar-refractivity contribution in [2.75, 3.05) is 5.32 Å². The zero-order chi connectivity index (χ0) is 11.5. The van der Waals surface area contributed by atoms with Crippen molar-refractivity contribution in [2.24, 2.45) is 5.73 Å². The Labute approximate surface area is 92.2 Å². The van der Waals surface area contributed by atoms with Gasteiger partial charge in [-0.3, -0.25) is 4.79 Å². The van der Waals surface area contributed by atoms with Crippen molar-refractivity contribution in [1.82, 2.24) is 15.4 Å². The Hall–Kier alpha value is -2.11. The van der Waals surface area contributed by atoms with E-state index in [-0.39, 0.29) is 11.9 Å². The second-order valence-corrected chi connectivity index (χ2v) is 3.74. The zero-order valence-electron chi connectivity index (χ0n) is 8.90. The van der Waals surface area contributed by atoms with Gasteiger partial charge in [0.2, 0.25) is 5.91 Å². The molecule has 6 nitrogen and oxygen atoms in total. The van der Waals surface area contributed by atoms with Crippen LogP contribution >= 0.6 is 0 Å². The summed E-state index contributed by atoms with van der Waals surface area (Å²) < 4.78 is 0. The van der Waals surface area contributed by atoms with Gasteiger partial charge in [0.1, 0.15) is 11.0 Å². The van der Waals surface area contributed by atoms with Gasteiger partial charge in [-0.1, -0.05) is 0 Å². The van der Waals surface area contributed by atoms with E-state index >= 15 is 0 Å². The molecule has 0 radical (unpaired) electrons. The lowest BCUT2D eigenvalue weighted by Gasteiger charge is -2.12. The number of nitrogens with zero attached hydrogens (tertiary/aromatic N) is 2. The molecular weight excluding hydrogens is 206 g/mol. The number of benzene rings is 1. The molecule has 2 rings (SSSR count).